The maximum absolute atomic E-state index is 3.73. The molecule has 0 aliphatic heterocycles. The van der Waals surface area contributed by atoms with Crippen molar-refractivity contribution in [3.05, 3.63) is 41.5 Å². The van der Waals surface area contributed by atoms with Gasteiger partial charge in [-0.05, 0) is 25.0 Å². The summed E-state index contributed by atoms with van der Waals surface area (Å²) >= 11 is 0. The fourth-order valence-electron chi connectivity index (χ4n) is 0.980. The van der Waals surface area contributed by atoms with Gasteiger partial charge in [0.15, 0.2) is 0 Å². The molecule has 0 bridgehead atoms. The predicted octanol–water partition coefficient (Wildman–Crippen LogP) is 6.03. The standard InChI is InChI=1S/C10H12.3C2H6/c1-4-10-7-8(2)5-6-9(10)3;3*1-2/h4-7H,1H2,2-3H3;3*1-2H3. The molecule has 1 aromatic carbocycles. The van der Waals surface area contributed by atoms with E-state index in [9.17, 15) is 0 Å². The Hall–Kier alpha value is -1.04. The van der Waals surface area contributed by atoms with E-state index in [4.69, 9.17) is 0 Å². The monoisotopic (exact) mass is 222 g/mol. The second kappa shape index (κ2) is 16.4. The topological polar surface area (TPSA) is 0 Å². The molecule has 0 saturated heterocycles. The number of hydrogen-bond acceptors (Lipinski definition) is 0. The molecule has 0 fully saturated rings. The van der Waals surface area contributed by atoms with Crippen LogP contribution in [-0.4, -0.2) is 0 Å². The smallest absolute Gasteiger partial charge is 0.0231 e. The lowest BCUT2D eigenvalue weighted by atomic mass is 10.1. The summed E-state index contributed by atoms with van der Waals surface area (Å²) < 4.78 is 0. The summed E-state index contributed by atoms with van der Waals surface area (Å²) in [5, 5.41) is 0. The van der Waals surface area contributed by atoms with Gasteiger partial charge in [0.2, 0.25) is 0 Å². The van der Waals surface area contributed by atoms with Gasteiger partial charge in [-0.1, -0.05) is 78.0 Å². The third-order valence-electron chi connectivity index (χ3n) is 1.65. The zero-order chi connectivity index (χ0) is 13.6. The molecule has 0 amide bonds. The van der Waals surface area contributed by atoms with Crippen molar-refractivity contribution in [2.45, 2.75) is 55.4 Å². The van der Waals surface area contributed by atoms with Gasteiger partial charge in [0.1, 0.15) is 0 Å². The Morgan fingerprint density at radius 1 is 0.875 bits per heavy atom. The number of aryl methyl sites for hydroxylation is 2. The van der Waals surface area contributed by atoms with E-state index in [1.807, 2.05) is 47.6 Å². The molecule has 0 nitrogen and oxygen atoms in total. The van der Waals surface area contributed by atoms with Gasteiger partial charge in [-0.15, -0.1) is 0 Å². The first-order chi connectivity index (χ1) is 7.74. The SMILES string of the molecule is C=Cc1cc(C)ccc1C.CC.CC.CC. The second-order valence-corrected chi connectivity index (χ2v) is 2.56. The molecule has 0 unspecified atom stereocenters. The quantitative estimate of drug-likeness (QED) is 0.544. The van der Waals surface area contributed by atoms with Crippen molar-refractivity contribution < 1.29 is 0 Å². The summed E-state index contributed by atoms with van der Waals surface area (Å²) in [5.74, 6) is 0. The van der Waals surface area contributed by atoms with Crippen LogP contribution >= 0.6 is 0 Å². The third kappa shape index (κ3) is 9.51. The Kier molecular flexibility index (Phi) is 20.9. The molecule has 0 heteroatoms. The van der Waals surface area contributed by atoms with Gasteiger partial charge >= 0.3 is 0 Å². The average Bonchev–Trinajstić information content (AvgIpc) is 2.39. The van der Waals surface area contributed by atoms with Gasteiger partial charge < -0.3 is 0 Å². The van der Waals surface area contributed by atoms with Crippen LogP contribution in [0.2, 0.25) is 0 Å². The van der Waals surface area contributed by atoms with E-state index in [0.29, 0.717) is 0 Å². The summed E-state index contributed by atoms with van der Waals surface area (Å²) in [6.45, 7) is 19.9. The highest BCUT2D eigenvalue weighted by Gasteiger charge is 1.91. The van der Waals surface area contributed by atoms with E-state index in [-0.39, 0.29) is 0 Å². The highest BCUT2D eigenvalue weighted by molar-refractivity contribution is 5.52. The van der Waals surface area contributed by atoms with Gasteiger partial charge in [-0.25, -0.2) is 0 Å². The van der Waals surface area contributed by atoms with Crippen LogP contribution in [0, 0.1) is 13.8 Å². The highest BCUT2D eigenvalue weighted by atomic mass is 14.0. The zero-order valence-corrected chi connectivity index (χ0v) is 12.5. The van der Waals surface area contributed by atoms with E-state index < -0.39 is 0 Å². The van der Waals surface area contributed by atoms with Crippen LogP contribution in [0.1, 0.15) is 58.2 Å². The first kappa shape index (κ1) is 20.4. The minimum Gasteiger partial charge on any atom is -0.0985 e. The van der Waals surface area contributed by atoms with Crippen molar-refractivity contribution in [1.82, 2.24) is 0 Å². The average molecular weight is 222 g/mol. The normalized spacial score (nSPS) is 7.00. The van der Waals surface area contributed by atoms with Crippen molar-refractivity contribution in [2.24, 2.45) is 0 Å². The van der Waals surface area contributed by atoms with Gasteiger partial charge in [0.05, 0.1) is 0 Å². The summed E-state index contributed by atoms with van der Waals surface area (Å²) in [5.41, 5.74) is 3.82. The van der Waals surface area contributed by atoms with Crippen molar-refractivity contribution in [3.8, 4) is 0 Å². The van der Waals surface area contributed by atoms with Crippen LogP contribution in [0.15, 0.2) is 24.8 Å². The van der Waals surface area contributed by atoms with Gasteiger partial charge in [0.25, 0.3) is 0 Å². The predicted molar refractivity (Wildman–Crippen MR) is 80.1 cm³/mol. The van der Waals surface area contributed by atoms with Crippen molar-refractivity contribution in [1.29, 1.82) is 0 Å². The molecule has 0 aromatic heterocycles. The first-order valence-corrected chi connectivity index (χ1v) is 6.43. The fraction of sp³-hybridized carbons (Fsp3) is 0.500. The summed E-state index contributed by atoms with van der Waals surface area (Å²) in [7, 11) is 0. The maximum atomic E-state index is 3.73. The van der Waals surface area contributed by atoms with Crippen molar-refractivity contribution >= 4 is 6.08 Å². The number of hydrogen-bond donors (Lipinski definition) is 0. The highest BCUT2D eigenvalue weighted by Crippen LogP contribution is 2.10. The summed E-state index contributed by atoms with van der Waals surface area (Å²) in [6, 6.07) is 6.37. The lowest BCUT2D eigenvalue weighted by Crippen LogP contribution is -1.80. The van der Waals surface area contributed by atoms with Crippen LogP contribution in [0.3, 0.4) is 0 Å². The van der Waals surface area contributed by atoms with E-state index >= 15 is 0 Å². The number of rotatable bonds is 1. The molecule has 94 valence electrons. The minimum atomic E-state index is 1.24. The van der Waals surface area contributed by atoms with Crippen LogP contribution in [0.25, 0.3) is 6.08 Å². The van der Waals surface area contributed by atoms with Crippen LogP contribution < -0.4 is 0 Å². The third-order valence-corrected chi connectivity index (χ3v) is 1.65. The van der Waals surface area contributed by atoms with E-state index in [1.165, 1.54) is 16.7 Å². The molecule has 0 radical (unpaired) electrons. The van der Waals surface area contributed by atoms with E-state index in [2.05, 4.69) is 38.6 Å². The van der Waals surface area contributed by atoms with Crippen LogP contribution in [0.5, 0.6) is 0 Å². The van der Waals surface area contributed by atoms with E-state index in [1.54, 1.807) is 0 Å². The molecular formula is C16H30. The first-order valence-electron chi connectivity index (χ1n) is 6.43. The second-order valence-electron chi connectivity index (χ2n) is 2.56. The molecule has 0 atom stereocenters. The Balaban J connectivity index is -0.000000245. The van der Waals surface area contributed by atoms with Crippen LogP contribution in [-0.2, 0) is 0 Å². The Morgan fingerprint density at radius 3 is 1.62 bits per heavy atom. The maximum Gasteiger partial charge on any atom is -0.0231 e. The molecular weight excluding hydrogens is 192 g/mol. The largest absolute Gasteiger partial charge is 0.0985 e. The molecule has 0 spiro atoms. The molecule has 0 aliphatic carbocycles. The van der Waals surface area contributed by atoms with Crippen molar-refractivity contribution in [2.75, 3.05) is 0 Å². The molecule has 0 N–H and O–H groups in total. The van der Waals surface area contributed by atoms with Gasteiger partial charge in [0, 0.05) is 0 Å². The minimum absolute atomic E-state index is 1.24. The van der Waals surface area contributed by atoms with Crippen LogP contribution in [0.4, 0.5) is 0 Å². The number of benzene rings is 1. The Bertz CT molecular complexity index is 246. The summed E-state index contributed by atoms with van der Waals surface area (Å²) in [6.07, 6.45) is 1.89. The molecule has 16 heavy (non-hydrogen) atoms. The lowest BCUT2D eigenvalue weighted by Gasteiger charge is -1.99. The molecule has 0 heterocycles. The molecule has 0 saturated carbocycles. The van der Waals surface area contributed by atoms with E-state index in [0.717, 1.165) is 0 Å². The van der Waals surface area contributed by atoms with Gasteiger partial charge in [-0.2, -0.15) is 0 Å². The van der Waals surface area contributed by atoms with Crippen molar-refractivity contribution in [3.63, 3.8) is 0 Å². The molecule has 0 aliphatic rings. The Morgan fingerprint density at radius 2 is 1.31 bits per heavy atom. The molecule has 1 aromatic rings. The Labute approximate surface area is 103 Å². The summed E-state index contributed by atoms with van der Waals surface area (Å²) in [4.78, 5) is 0. The zero-order valence-electron chi connectivity index (χ0n) is 12.5. The molecule has 1 rings (SSSR count). The van der Waals surface area contributed by atoms with Gasteiger partial charge in [-0.3, -0.25) is 0 Å². The lowest BCUT2D eigenvalue weighted by molar-refractivity contribution is 1.38. The fourth-order valence-corrected chi connectivity index (χ4v) is 0.980.